The van der Waals surface area contributed by atoms with Crippen LogP contribution in [0.15, 0.2) is 27.8 Å². The molecule has 2 fully saturated rings. The minimum absolute atomic E-state index is 0.0123. The Morgan fingerprint density at radius 3 is 2.57 bits per heavy atom. The lowest BCUT2D eigenvalue weighted by atomic mass is 9.95. The number of hydrogen-bond donors (Lipinski definition) is 2. The first-order valence-corrected chi connectivity index (χ1v) is 10.5. The number of aromatic nitrogens is 2. The molecule has 1 saturated heterocycles. The highest BCUT2D eigenvalue weighted by molar-refractivity contribution is 6.00. The summed E-state index contributed by atoms with van der Waals surface area (Å²) in [4.78, 5) is 40.6. The molecule has 1 aromatic carbocycles. The predicted molar refractivity (Wildman–Crippen MR) is 110 cm³/mol. The Balaban J connectivity index is 1.52. The number of aromatic amines is 1. The normalized spacial score (nSPS) is 18.7. The molecule has 0 unspecified atom stereocenters. The van der Waals surface area contributed by atoms with Gasteiger partial charge in [0, 0.05) is 13.1 Å². The van der Waals surface area contributed by atoms with Crippen molar-refractivity contribution in [3.63, 3.8) is 0 Å². The van der Waals surface area contributed by atoms with Crippen LogP contribution in [-0.2, 0) is 4.74 Å². The largest absolute Gasteiger partial charge is 0.446 e. The van der Waals surface area contributed by atoms with Crippen molar-refractivity contribution >= 4 is 17.3 Å². The lowest BCUT2D eigenvalue weighted by Gasteiger charge is -2.29. The van der Waals surface area contributed by atoms with Crippen LogP contribution in [0, 0.1) is 0 Å². The molecule has 0 bridgehead atoms. The molecule has 1 aromatic heterocycles. The lowest BCUT2D eigenvalue weighted by molar-refractivity contribution is 0.0301. The van der Waals surface area contributed by atoms with Crippen molar-refractivity contribution in [2.24, 2.45) is 0 Å². The maximum absolute atomic E-state index is 13.1. The number of para-hydroxylation sites is 1. The molecule has 1 saturated carbocycles. The monoisotopic (exact) mass is 412 g/mol. The smallest absolute Gasteiger partial charge is 0.308 e. The molecule has 1 amide bonds. The third-order valence-corrected chi connectivity index (χ3v) is 6.04. The SMILES string of the molecule is O=C(c1cccc2c1Oc1c(c(=O)n(C3CCCCC3)[nH]c1=O)N2)N1CCOCC1. The number of amides is 1. The maximum atomic E-state index is 13.1. The molecular formula is C21H24N4O5. The second kappa shape index (κ2) is 7.64. The van der Waals surface area contributed by atoms with E-state index in [0.717, 1.165) is 32.1 Å². The van der Waals surface area contributed by atoms with Crippen LogP contribution >= 0.6 is 0 Å². The van der Waals surface area contributed by atoms with E-state index in [1.165, 1.54) is 4.68 Å². The summed E-state index contributed by atoms with van der Waals surface area (Å²) in [6, 6.07) is 5.13. The van der Waals surface area contributed by atoms with Gasteiger partial charge < -0.3 is 19.7 Å². The number of rotatable bonds is 2. The van der Waals surface area contributed by atoms with Crippen LogP contribution in [0.1, 0.15) is 48.5 Å². The average Bonchev–Trinajstić information content (AvgIpc) is 2.80. The zero-order valence-electron chi connectivity index (χ0n) is 16.6. The van der Waals surface area contributed by atoms with Crippen molar-refractivity contribution in [2.45, 2.75) is 38.1 Å². The van der Waals surface area contributed by atoms with Gasteiger partial charge in [0.2, 0.25) is 5.75 Å². The number of benzene rings is 1. The average molecular weight is 412 g/mol. The van der Waals surface area contributed by atoms with Crippen molar-refractivity contribution in [2.75, 3.05) is 31.6 Å². The molecule has 30 heavy (non-hydrogen) atoms. The minimum Gasteiger partial charge on any atom is -0.446 e. The third kappa shape index (κ3) is 3.19. The Morgan fingerprint density at radius 2 is 1.80 bits per heavy atom. The number of hydrogen-bond acceptors (Lipinski definition) is 6. The van der Waals surface area contributed by atoms with E-state index >= 15 is 0 Å². The van der Waals surface area contributed by atoms with E-state index in [9.17, 15) is 14.4 Å². The summed E-state index contributed by atoms with van der Waals surface area (Å²) < 4.78 is 12.6. The van der Waals surface area contributed by atoms with E-state index in [1.807, 2.05) is 0 Å². The van der Waals surface area contributed by atoms with Crippen LogP contribution < -0.4 is 21.2 Å². The van der Waals surface area contributed by atoms with Crippen molar-refractivity contribution in [3.05, 3.63) is 44.5 Å². The van der Waals surface area contributed by atoms with Gasteiger partial charge in [0.1, 0.15) is 0 Å². The Bertz CT molecular complexity index is 1090. The molecule has 3 heterocycles. The molecule has 1 aliphatic carbocycles. The Kier molecular flexibility index (Phi) is 4.82. The second-order valence-corrected chi connectivity index (χ2v) is 7.93. The van der Waals surface area contributed by atoms with Gasteiger partial charge in [0.25, 0.3) is 11.5 Å². The fraction of sp³-hybridized carbons (Fsp3) is 0.476. The Morgan fingerprint density at radius 1 is 1.03 bits per heavy atom. The summed E-state index contributed by atoms with van der Waals surface area (Å²) in [7, 11) is 0. The zero-order chi connectivity index (χ0) is 20.7. The van der Waals surface area contributed by atoms with Crippen molar-refractivity contribution in [1.82, 2.24) is 14.7 Å². The zero-order valence-corrected chi connectivity index (χ0v) is 16.6. The van der Waals surface area contributed by atoms with Gasteiger partial charge in [-0.25, -0.2) is 4.68 Å². The van der Waals surface area contributed by atoms with E-state index in [2.05, 4.69) is 10.4 Å². The molecule has 0 spiro atoms. The van der Waals surface area contributed by atoms with Gasteiger partial charge in [-0.2, -0.15) is 0 Å². The first kappa shape index (κ1) is 18.9. The molecule has 0 atom stereocenters. The summed E-state index contributed by atoms with van der Waals surface area (Å²) >= 11 is 0. The highest BCUT2D eigenvalue weighted by Crippen LogP contribution is 2.41. The van der Waals surface area contributed by atoms with E-state index in [4.69, 9.17) is 9.47 Å². The Labute approximate surface area is 172 Å². The van der Waals surface area contributed by atoms with Gasteiger partial charge >= 0.3 is 5.56 Å². The molecular weight excluding hydrogens is 388 g/mol. The number of carbonyl (C=O) groups is 1. The third-order valence-electron chi connectivity index (χ3n) is 6.04. The molecule has 3 aliphatic rings. The van der Waals surface area contributed by atoms with Crippen LogP contribution in [0.3, 0.4) is 0 Å². The van der Waals surface area contributed by atoms with E-state index in [-0.39, 0.29) is 34.7 Å². The maximum Gasteiger partial charge on any atom is 0.308 e. The molecule has 2 N–H and O–H groups in total. The number of H-pyrrole nitrogens is 1. The first-order valence-electron chi connectivity index (χ1n) is 10.5. The first-order chi connectivity index (χ1) is 14.6. The van der Waals surface area contributed by atoms with E-state index in [1.54, 1.807) is 23.1 Å². The summed E-state index contributed by atoms with van der Waals surface area (Å²) in [6.07, 6.45) is 4.95. The van der Waals surface area contributed by atoms with Crippen molar-refractivity contribution in [3.8, 4) is 11.5 Å². The van der Waals surface area contributed by atoms with Gasteiger partial charge in [-0.15, -0.1) is 0 Å². The Hall–Kier alpha value is -3.07. The molecule has 0 radical (unpaired) electrons. The van der Waals surface area contributed by atoms with Gasteiger partial charge in [-0.05, 0) is 25.0 Å². The standard InChI is InChI=1S/C21H24N4O5/c26-19-18-16(21(28)25(23-19)13-5-2-1-3-6-13)22-15-8-4-7-14(17(15)30-18)20(27)24-9-11-29-12-10-24/h4,7-8,13,22H,1-3,5-6,9-12H2,(H,23,26). The number of nitrogens with one attached hydrogen (secondary N) is 2. The predicted octanol–water partition coefficient (Wildman–Crippen LogP) is 2.36. The highest BCUT2D eigenvalue weighted by Gasteiger charge is 2.31. The topological polar surface area (TPSA) is 106 Å². The highest BCUT2D eigenvalue weighted by atomic mass is 16.5. The fourth-order valence-corrected chi connectivity index (χ4v) is 4.43. The number of ether oxygens (including phenoxy) is 2. The summed E-state index contributed by atoms with van der Waals surface area (Å²) in [5, 5.41) is 5.74. The molecule has 9 heteroatoms. The number of anilines is 2. The van der Waals surface area contributed by atoms with Crippen LogP contribution in [0.5, 0.6) is 11.5 Å². The lowest BCUT2D eigenvalue weighted by Crippen LogP contribution is -2.41. The van der Waals surface area contributed by atoms with Gasteiger partial charge in [-0.3, -0.25) is 19.5 Å². The number of morpholine rings is 1. The second-order valence-electron chi connectivity index (χ2n) is 7.93. The van der Waals surface area contributed by atoms with Crippen molar-refractivity contribution < 1.29 is 14.3 Å². The molecule has 5 rings (SSSR count). The van der Waals surface area contributed by atoms with Crippen LogP contribution in [-0.4, -0.2) is 46.9 Å². The van der Waals surface area contributed by atoms with Crippen molar-refractivity contribution in [1.29, 1.82) is 0 Å². The number of carbonyl (C=O) groups excluding carboxylic acids is 1. The van der Waals surface area contributed by atoms with Crippen LogP contribution in [0.2, 0.25) is 0 Å². The van der Waals surface area contributed by atoms with E-state index in [0.29, 0.717) is 37.6 Å². The molecule has 2 aromatic rings. The number of nitrogens with zero attached hydrogens (tertiary/aromatic N) is 2. The summed E-state index contributed by atoms with van der Waals surface area (Å²) in [6.45, 7) is 1.98. The molecule has 158 valence electrons. The summed E-state index contributed by atoms with van der Waals surface area (Å²) in [5.41, 5.74) is 0.171. The molecule has 2 aliphatic heterocycles. The number of fused-ring (bicyclic) bond motifs is 2. The summed E-state index contributed by atoms with van der Waals surface area (Å²) in [5.74, 6) is -0.0176. The van der Waals surface area contributed by atoms with Crippen LogP contribution in [0.4, 0.5) is 11.4 Å². The minimum atomic E-state index is -0.484. The van der Waals surface area contributed by atoms with Crippen LogP contribution in [0.25, 0.3) is 0 Å². The van der Waals surface area contributed by atoms with Gasteiger partial charge in [0.05, 0.1) is 30.5 Å². The van der Waals surface area contributed by atoms with Gasteiger partial charge in [0.15, 0.2) is 11.4 Å². The fourth-order valence-electron chi connectivity index (χ4n) is 4.43. The van der Waals surface area contributed by atoms with E-state index < -0.39 is 5.56 Å². The quantitative estimate of drug-likeness (QED) is 0.669. The van der Waals surface area contributed by atoms with Gasteiger partial charge in [-0.1, -0.05) is 25.3 Å². The molecule has 9 nitrogen and oxygen atoms in total.